The van der Waals surface area contributed by atoms with Crippen molar-refractivity contribution in [1.29, 1.82) is 0 Å². The zero-order chi connectivity index (χ0) is 38.6. The van der Waals surface area contributed by atoms with Gasteiger partial charge in [-0.15, -0.1) is 11.3 Å². The zero-order valence-corrected chi connectivity index (χ0v) is 33.0. The first kappa shape index (κ1) is 34.3. The van der Waals surface area contributed by atoms with Gasteiger partial charge in [-0.2, -0.15) is 0 Å². The molecule has 1 aromatic heterocycles. The van der Waals surface area contributed by atoms with Gasteiger partial charge in [-0.05, 0) is 129 Å². The fourth-order valence-corrected chi connectivity index (χ4v) is 10.2. The average molecular weight is 758 g/mol. The van der Waals surface area contributed by atoms with Crippen molar-refractivity contribution in [2.45, 2.75) is 12.3 Å². The van der Waals surface area contributed by atoms with E-state index in [4.69, 9.17) is 0 Å². The maximum Gasteiger partial charge on any atom is 0.0462 e. The van der Waals surface area contributed by atoms with Crippen molar-refractivity contribution in [3.05, 3.63) is 235 Å². The summed E-state index contributed by atoms with van der Waals surface area (Å²) >= 11 is 1.88. The van der Waals surface area contributed by atoms with E-state index in [0.717, 1.165) is 17.1 Å². The molecule has 0 bridgehead atoms. The van der Waals surface area contributed by atoms with Crippen molar-refractivity contribution >= 4 is 48.6 Å². The van der Waals surface area contributed by atoms with Crippen LogP contribution in [0.15, 0.2) is 218 Å². The number of anilines is 3. The minimum absolute atomic E-state index is 0.298. The van der Waals surface area contributed by atoms with E-state index in [2.05, 4.69) is 230 Å². The minimum atomic E-state index is -0.298. The van der Waals surface area contributed by atoms with Crippen LogP contribution in [0.2, 0.25) is 0 Å². The minimum Gasteiger partial charge on any atom is -0.311 e. The highest BCUT2D eigenvalue weighted by Gasteiger charge is 2.41. The van der Waals surface area contributed by atoms with E-state index >= 15 is 0 Å². The van der Waals surface area contributed by atoms with E-state index in [0.29, 0.717) is 0 Å². The molecule has 2 heteroatoms. The van der Waals surface area contributed by atoms with Crippen LogP contribution in [0.25, 0.3) is 64.7 Å². The molecule has 9 aromatic carbocycles. The second kappa shape index (κ2) is 13.9. The highest BCUT2D eigenvalue weighted by atomic mass is 32.1. The van der Waals surface area contributed by atoms with E-state index in [9.17, 15) is 0 Å². The third kappa shape index (κ3) is 5.68. The van der Waals surface area contributed by atoms with E-state index in [1.54, 1.807) is 0 Å². The summed E-state index contributed by atoms with van der Waals surface area (Å²) < 4.78 is 2.67. The van der Waals surface area contributed by atoms with Crippen LogP contribution < -0.4 is 4.90 Å². The second-order valence-electron chi connectivity index (χ2n) is 15.4. The van der Waals surface area contributed by atoms with Gasteiger partial charge >= 0.3 is 0 Å². The predicted octanol–water partition coefficient (Wildman–Crippen LogP) is 15.9. The molecule has 1 atom stereocenters. The smallest absolute Gasteiger partial charge is 0.0462 e. The highest BCUT2D eigenvalue weighted by Crippen LogP contribution is 2.54. The Labute approximate surface area is 343 Å². The molecular weight excluding hydrogens is 719 g/mol. The van der Waals surface area contributed by atoms with Crippen LogP contribution in [0, 0.1) is 0 Å². The number of thiophene rings is 1. The zero-order valence-electron chi connectivity index (χ0n) is 32.1. The standard InChI is InChI=1S/C56H39NS/c1-56(44-27-35-55-51(37-44)50-17-9-11-19-54(50)58-55)52-18-10-8-16-48(52)49-34-26-43(36-53(49)56)42-24-32-47(33-25-42)57(45-28-20-40(21-29-45)38-12-4-2-5-13-38)46-30-22-41(23-31-46)39-14-6-3-7-15-39/h2-37H,1H3. The summed E-state index contributed by atoms with van der Waals surface area (Å²) in [6, 6.07) is 80.1. The van der Waals surface area contributed by atoms with Crippen LogP contribution in [-0.4, -0.2) is 0 Å². The Morgan fingerprint density at radius 2 is 0.810 bits per heavy atom. The van der Waals surface area contributed by atoms with Gasteiger partial charge in [0.1, 0.15) is 0 Å². The molecule has 10 aromatic rings. The molecule has 0 amide bonds. The normalized spacial score (nSPS) is 14.4. The number of rotatable bonds is 7. The molecule has 0 N–H and O–H groups in total. The lowest BCUT2D eigenvalue weighted by Gasteiger charge is -2.29. The molecular formula is C56H39NS. The molecule has 1 heterocycles. The van der Waals surface area contributed by atoms with E-state index in [1.165, 1.54) is 81.4 Å². The van der Waals surface area contributed by atoms with Gasteiger partial charge in [0.05, 0.1) is 0 Å². The largest absolute Gasteiger partial charge is 0.311 e. The molecule has 0 fully saturated rings. The molecule has 1 aliphatic rings. The summed E-state index contributed by atoms with van der Waals surface area (Å²) in [6.07, 6.45) is 0. The molecule has 1 aliphatic carbocycles. The van der Waals surface area contributed by atoms with Crippen molar-refractivity contribution in [2.24, 2.45) is 0 Å². The monoisotopic (exact) mass is 757 g/mol. The third-order valence-electron chi connectivity index (χ3n) is 12.2. The molecule has 0 spiro atoms. The Morgan fingerprint density at radius 1 is 0.345 bits per heavy atom. The Kier molecular flexibility index (Phi) is 8.20. The van der Waals surface area contributed by atoms with E-state index < -0.39 is 0 Å². The van der Waals surface area contributed by atoms with Crippen LogP contribution in [0.3, 0.4) is 0 Å². The summed E-state index contributed by atoms with van der Waals surface area (Å²) in [4.78, 5) is 2.36. The highest BCUT2D eigenvalue weighted by molar-refractivity contribution is 7.25. The molecule has 1 nitrogen and oxygen atoms in total. The van der Waals surface area contributed by atoms with Crippen molar-refractivity contribution in [3.8, 4) is 44.5 Å². The second-order valence-corrected chi connectivity index (χ2v) is 16.5. The fourth-order valence-electron chi connectivity index (χ4n) is 9.14. The number of nitrogens with zero attached hydrogens (tertiary/aromatic N) is 1. The van der Waals surface area contributed by atoms with Gasteiger partial charge in [-0.3, -0.25) is 0 Å². The van der Waals surface area contributed by atoms with Crippen molar-refractivity contribution in [1.82, 2.24) is 0 Å². The quantitative estimate of drug-likeness (QED) is 0.156. The van der Waals surface area contributed by atoms with Crippen LogP contribution in [0.4, 0.5) is 17.1 Å². The van der Waals surface area contributed by atoms with Crippen LogP contribution in [0.5, 0.6) is 0 Å². The van der Waals surface area contributed by atoms with E-state index in [-0.39, 0.29) is 5.41 Å². The molecule has 58 heavy (non-hydrogen) atoms. The lowest BCUT2D eigenvalue weighted by atomic mass is 9.73. The van der Waals surface area contributed by atoms with Gasteiger partial charge in [-0.1, -0.05) is 158 Å². The van der Waals surface area contributed by atoms with Gasteiger partial charge < -0.3 is 4.90 Å². The number of hydrogen-bond donors (Lipinski definition) is 0. The first-order chi connectivity index (χ1) is 28.6. The Balaban J connectivity index is 0.982. The fraction of sp³-hybridized carbons (Fsp3) is 0.0357. The Hall–Kier alpha value is -7.00. The summed E-state index contributed by atoms with van der Waals surface area (Å²) in [5.74, 6) is 0. The molecule has 11 rings (SSSR count). The van der Waals surface area contributed by atoms with Crippen LogP contribution in [0.1, 0.15) is 23.6 Å². The number of benzene rings is 9. The lowest BCUT2D eigenvalue weighted by molar-refractivity contribution is 0.715. The molecule has 0 radical (unpaired) electrons. The van der Waals surface area contributed by atoms with Gasteiger partial charge in [0.15, 0.2) is 0 Å². The van der Waals surface area contributed by atoms with Gasteiger partial charge in [0.2, 0.25) is 0 Å². The Bertz CT molecular complexity index is 3010. The molecule has 0 aliphatic heterocycles. The van der Waals surface area contributed by atoms with E-state index in [1.807, 2.05) is 11.3 Å². The first-order valence-electron chi connectivity index (χ1n) is 20.0. The van der Waals surface area contributed by atoms with Gasteiger partial charge in [0.25, 0.3) is 0 Å². The molecule has 274 valence electrons. The maximum absolute atomic E-state index is 2.45. The van der Waals surface area contributed by atoms with Crippen LogP contribution in [-0.2, 0) is 5.41 Å². The van der Waals surface area contributed by atoms with Crippen molar-refractivity contribution < 1.29 is 0 Å². The molecule has 1 unspecified atom stereocenters. The topological polar surface area (TPSA) is 3.24 Å². The van der Waals surface area contributed by atoms with Crippen molar-refractivity contribution in [3.63, 3.8) is 0 Å². The summed E-state index contributed by atoms with van der Waals surface area (Å²) in [6.45, 7) is 2.42. The Morgan fingerprint density at radius 3 is 1.43 bits per heavy atom. The van der Waals surface area contributed by atoms with Gasteiger partial charge in [-0.25, -0.2) is 0 Å². The first-order valence-corrected chi connectivity index (χ1v) is 20.8. The van der Waals surface area contributed by atoms with Crippen LogP contribution >= 0.6 is 11.3 Å². The maximum atomic E-state index is 2.45. The third-order valence-corrected chi connectivity index (χ3v) is 13.3. The summed E-state index contributed by atoms with van der Waals surface area (Å²) in [7, 11) is 0. The predicted molar refractivity (Wildman–Crippen MR) is 248 cm³/mol. The number of fused-ring (bicyclic) bond motifs is 6. The SMILES string of the molecule is CC1(c2ccc3sc4ccccc4c3c2)c2ccccc2-c2ccc(-c3ccc(N(c4ccc(-c5ccccc5)cc4)c4ccc(-c5ccccc5)cc4)cc3)cc21. The number of hydrogen-bond acceptors (Lipinski definition) is 2. The molecule has 0 saturated carbocycles. The van der Waals surface area contributed by atoms with Gasteiger partial charge in [0, 0.05) is 42.6 Å². The summed E-state index contributed by atoms with van der Waals surface area (Å²) in [5, 5.41) is 2.67. The lowest BCUT2D eigenvalue weighted by Crippen LogP contribution is -2.22. The van der Waals surface area contributed by atoms with Crippen molar-refractivity contribution in [2.75, 3.05) is 4.90 Å². The average Bonchev–Trinajstić information content (AvgIpc) is 3.80. The molecule has 0 saturated heterocycles. The summed E-state index contributed by atoms with van der Waals surface area (Å²) in [5.41, 5.74) is 17.0.